The fourth-order valence-electron chi connectivity index (χ4n) is 4.10. The van der Waals surface area contributed by atoms with Gasteiger partial charge in [-0.1, -0.05) is 30.3 Å². The van der Waals surface area contributed by atoms with Crippen LogP contribution in [0, 0.1) is 5.92 Å². The summed E-state index contributed by atoms with van der Waals surface area (Å²) in [7, 11) is 1.59. The molecule has 0 aliphatic heterocycles. The van der Waals surface area contributed by atoms with Crippen LogP contribution in [-0.4, -0.2) is 31.4 Å². The molecule has 8 nitrogen and oxygen atoms in total. The third kappa shape index (κ3) is 5.18. The zero-order valence-corrected chi connectivity index (χ0v) is 20.2. The van der Waals surface area contributed by atoms with Gasteiger partial charge in [0.15, 0.2) is 11.6 Å². The Bertz CT molecular complexity index is 1510. The summed E-state index contributed by atoms with van der Waals surface area (Å²) in [5, 5.41) is 6.78. The maximum Gasteiger partial charge on any atom is 0.417 e. The second-order valence-electron chi connectivity index (χ2n) is 9.10. The van der Waals surface area contributed by atoms with Crippen molar-refractivity contribution < 1.29 is 22.8 Å². The van der Waals surface area contributed by atoms with Gasteiger partial charge in [0, 0.05) is 35.9 Å². The lowest BCUT2D eigenvalue weighted by Crippen LogP contribution is -2.25. The lowest BCUT2D eigenvalue weighted by molar-refractivity contribution is -0.137. The number of nitrogens with zero attached hydrogens (tertiary/aromatic N) is 4. The highest BCUT2D eigenvalue weighted by Gasteiger charge is 2.36. The molecule has 3 N–H and O–H groups in total. The van der Waals surface area contributed by atoms with Crippen molar-refractivity contribution in [2.45, 2.75) is 25.1 Å². The number of Topliss-reactive ketones (excluding diaryl/α,β-unsaturated/α-hetero) is 1. The maximum atomic E-state index is 13.7. The first-order valence-corrected chi connectivity index (χ1v) is 11.9. The van der Waals surface area contributed by atoms with Crippen molar-refractivity contribution in [1.29, 1.82) is 0 Å². The van der Waals surface area contributed by atoms with E-state index in [1.165, 1.54) is 23.1 Å². The second-order valence-corrected chi connectivity index (χ2v) is 9.10. The number of nitrogens with two attached hydrogens (primary N) is 1. The first-order valence-electron chi connectivity index (χ1n) is 11.9. The van der Waals surface area contributed by atoms with Crippen molar-refractivity contribution in [3.8, 4) is 22.5 Å². The van der Waals surface area contributed by atoms with Crippen LogP contribution in [0.15, 0.2) is 67.0 Å². The maximum absolute atomic E-state index is 13.7. The number of hydrogen-bond donors (Lipinski definition) is 2. The zero-order chi connectivity index (χ0) is 27.0. The number of rotatable bonds is 7. The van der Waals surface area contributed by atoms with E-state index in [4.69, 9.17) is 5.73 Å². The fourth-order valence-corrected chi connectivity index (χ4v) is 4.10. The van der Waals surface area contributed by atoms with Crippen molar-refractivity contribution in [2.24, 2.45) is 18.7 Å². The van der Waals surface area contributed by atoms with Crippen LogP contribution in [0.5, 0.6) is 0 Å². The Morgan fingerprint density at radius 3 is 2.47 bits per heavy atom. The number of carbonyl (C=O) groups is 2. The molecule has 194 valence electrons. The van der Waals surface area contributed by atoms with Crippen molar-refractivity contribution in [3.63, 3.8) is 0 Å². The minimum atomic E-state index is -4.64. The van der Waals surface area contributed by atoms with Gasteiger partial charge in [-0.2, -0.15) is 18.3 Å². The van der Waals surface area contributed by atoms with E-state index in [1.807, 2.05) is 6.07 Å². The Balaban J connectivity index is 1.50. The molecule has 0 spiro atoms. The quantitative estimate of drug-likeness (QED) is 0.362. The van der Waals surface area contributed by atoms with Gasteiger partial charge in [-0.15, -0.1) is 0 Å². The summed E-state index contributed by atoms with van der Waals surface area (Å²) in [6.07, 6.45) is -0.180. The first kappa shape index (κ1) is 25.3. The number of hydrogen-bond acceptors (Lipinski definition) is 6. The molecule has 1 amide bonds. The van der Waals surface area contributed by atoms with E-state index in [1.54, 1.807) is 31.3 Å². The van der Waals surface area contributed by atoms with E-state index in [0.29, 0.717) is 11.3 Å². The number of ketones is 1. The summed E-state index contributed by atoms with van der Waals surface area (Å²) < 4.78 is 42.4. The molecule has 0 radical (unpaired) electrons. The Labute approximate surface area is 215 Å². The minimum absolute atomic E-state index is 0.0117. The van der Waals surface area contributed by atoms with Crippen LogP contribution in [0.3, 0.4) is 0 Å². The Hall–Kier alpha value is -4.38. The van der Waals surface area contributed by atoms with Crippen LogP contribution in [0.4, 0.5) is 18.9 Å². The highest BCUT2D eigenvalue weighted by atomic mass is 19.4. The molecule has 11 heteroatoms. The lowest BCUT2D eigenvalue weighted by atomic mass is 10.00. The average Bonchev–Trinajstić information content (AvgIpc) is 3.67. The number of aromatic nitrogens is 4. The van der Waals surface area contributed by atoms with Gasteiger partial charge in [0.2, 0.25) is 0 Å². The molecule has 4 aromatic rings. The first-order chi connectivity index (χ1) is 18.1. The van der Waals surface area contributed by atoms with Gasteiger partial charge in [0.25, 0.3) is 5.91 Å². The van der Waals surface area contributed by atoms with Gasteiger partial charge < -0.3 is 11.1 Å². The number of benzene rings is 2. The molecule has 2 heterocycles. The van der Waals surface area contributed by atoms with Gasteiger partial charge in [-0.3, -0.25) is 14.3 Å². The fraction of sp³-hybridized carbons (Fsp3) is 0.222. The summed E-state index contributed by atoms with van der Waals surface area (Å²) in [6, 6.07) is 12.5. The topological polar surface area (TPSA) is 116 Å². The summed E-state index contributed by atoms with van der Waals surface area (Å²) in [6.45, 7) is 0. The average molecular weight is 521 g/mol. The number of nitrogens with one attached hydrogen (secondary N) is 1. The Morgan fingerprint density at radius 2 is 1.84 bits per heavy atom. The molecule has 1 fully saturated rings. The third-order valence-corrected chi connectivity index (χ3v) is 6.24. The molecule has 38 heavy (non-hydrogen) atoms. The van der Waals surface area contributed by atoms with E-state index in [9.17, 15) is 22.8 Å². The molecular formula is C27H23F3N6O2. The molecule has 0 saturated heterocycles. The van der Waals surface area contributed by atoms with Gasteiger partial charge in [-0.05, 0) is 37.1 Å². The van der Waals surface area contributed by atoms with Crippen molar-refractivity contribution in [1.82, 2.24) is 19.7 Å². The number of aryl methyl sites for hydroxylation is 1. The zero-order valence-electron chi connectivity index (χ0n) is 20.2. The van der Waals surface area contributed by atoms with Gasteiger partial charge in [-0.25, -0.2) is 9.97 Å². The van der Waals surface area contributed by atoms with Crippen LogP contribution >= 0.6 is 0 Å². The van der Waals surface area contributed by atoms with Crippen LogP contribution in [0.1, 0.15) is 40.6 Å². The van der Waals surface area contributed by atoms with Crippen molar-refractivity contribution in [3.05, 3.63) is 83.9 Å². The summed E-state index contributed by atoms with van der Waals surface area (Å²) in [5.74, 6) is -0.748. The van der Waals surface area contributed by atoms with E-state index >= 15 is 0 Å². The minimum Gasteiger partial charge on any atom is -0.319 e. The molecular weight excluding hydrogens is 497 g/mol. The highest BCUT2D eigenvalue weighted by molar-refractivity contribution is 6.06. The second kappa shape index (κ2) is 9.82. The molecule has 1 unspecified atom stereocenters. The number of halogens is 3. The molecule has 1 aliphatic rings. The standard InChI is InChI=1S/C27H23F3N6O2/c1-36-12-11-20(35-36)18-13-17(9-10-19(18)27(28,29)30)26(38)33-21-14-32-25(22(31)24(37)16-7-8-16)34-23(21)15-5-3-2-4-6-15/h2-6,9-14,16,22H,7-8,31H2,1H3,(H,33,38). The number of alkyl halides is 3. The smallest absolute Gasteiger partial charge is 0.319 e. The molecule has 0 bridgehead atoms. The normalized spacial score (nSPS) is 14.2. The van der Waals surface area contributed by atoms with Crippen molar-refractivity contribution >= 4 is 17.4 Å². The number of amides is 1. The Kier molecular flexibility index (Phi) is 6.53. The van der Waals surface area contributed by atoms with Crippen LogP contribution in [0.25, 0.3) is 22.5 Å². The Morgan fingerprint density at radius 1 is 1.11 bits per heavy atom. The monoisotopic (exact) mass is 520 g/mol. The van der Waals surface area contributed by atoms with E-state index in [-0.39, 0.29) is 40.0 Å². The predicted octanol–water partition coefficient (Wildman–Crippen LogP) is 4.79. The molecule has 1 aliphatic carbocycles. The SMILES string of the molecule is Cn1ccc(-c2cc(C(=O)Nc3cnc(C(N)C(=O)C4CC4)nc3-c3ccccc3)ccc2C(F)(F)F)n1. The molecule has 2 aromatic heterocycles. The molecule has 1 atom stereocenters. The lowest BCUT2D eigenvalue weighted by Gasteiger charge is -2.16. The van der Waals surface area contributed by atoms with Gasteiger partial charge in [0.05, 0.1) is 28.8 Å². The van der Waals surface area contributed by atoms with Crippen LogP contribution in [0.2, 0.25) is 0 Å². The molecule has 2 aromatic carbocycles. The third-order valence-electron chi connectivity index (χ3n) is 6.24. The summed E-state index contributed by atoms with van der Waals surface area (Å²) >= 11 is 0. The van der Waals surface area contributed by atoms with E-state index in [0.717, 1.165) is 31.0 Å². The number of carbonyl (C=O) groups excluding carboxylic acids is 2. The van der Waals surface area contributed by atoms with E-state index < -0.39 is 23.7 Å². The van der Waals surface area contributed by atoms with Crippen LogP contribution < -0.4 is 11.1 Å². The van der Waals surface area contributed by atoms with E-state index in [2.05, 4.69) is 20.4 Å². The predicted molar refractivity (Wildman–Crippen MR) is 134 cm³/mol. The summed E-state index contributed by atoms with van der Waals surface area (Å²) in [4.78, 5) is 34.4. The van der Waals surface area contributed by atoms with Crippen LogP contribution in [-0.2, 0) is 18.0 Å². The van der Waals surface area contributed by atoms with Gasteiger partial charge >= 0.3 is 6.18 Å². The molecule has 1 saturated carbocycles. The number of anilines is 1. The largest absolute Gasteiger partial charge is 0.417 e. The van der Waals surface area contributed by atoms with Crippen molar-refractivity contribution in [2.75, 3.05) is 5.32 Å². The molecule has 5 rings (SSSR count). The highest BCUT2D eigenvalue weighted by Crippen LogP contribution is 2.38. The summed E-state index contributed by atoms with van der Waals surface area (Å²) in [5.41, 5.74) is 6.27. The van der Waals surface area contributed by atoms with Gasteiger partial charge in [0.1, 0.15) is 6.04 Å².